The van der Waals surface area contributed by atoms with Crippen molar-refractivity contribution in [1.29, 1.82) is 5.26 Å². The van der Waals surface area contributed by atoms with E-state index < -0.39 is 5.91 Å². The Labute approximate surface area is 184 Å². The second kappa shape index (κ2) is 8.13. The Morgan fingerprint density at radius 3 is 2.56 bits per heavy atom. The lowest BCUT2D eigenvalue weighted by atomic mass is 10.1. The van der Waals surface area contributed by atoms with E-state index in [9.17, 15) is 4.79 Å². The van der Waals surface area contributed by atoms with Crippen molar-refractivity contribution in [2.24, 2.45) is 5.73 Å². The van der Waals surface area contributed by atoms with Crippen LogP contribution >= 0.6 is 0 Å². The van der Waals surface area contributed by atoms with Crippen molar-refractivity contribution in [3.05, 3.63) is 83.7 Å². The van der Waals surface area contributed by atoms with E-state index in [1.54, 1.807) is 22.7 Å². The molecule has 3 heterocycles. The van der Waals surface area contributed by atoms with Crippen LogP contribution in [-0.4, -0.2) is 44.6 Å². The summed E-state index contributed by atoms with van der Waals surface area (Å²) in [7, 11) is 0. The van der Waals surface area contributed by atoms with Gasteiger partial charge in [0.15, 0.2) is 5.65 Å². The van der Waals surface area contributed by atoms with Crippen molar-refractivity contribution >= 4 is 11.6 Å². The van der Waals surface area contributed by atoms with E-state index in [1.165, 1.54) is 5.56 Å². The third kappa shape index (κ3) is 3.77. The van der Waals surface area contributed by atoms with Crippen LogP contribution in [0.15, 0.2) is 60.7 Å². The highest BCUT2D eigenvalue weighted by Gasteiger charge is 2.28. The minimum Gasteiger partial charge on any atom is -0.488 e. The number of nitriles is 1. The predicted octanol–water partition coefficient (Wildman–Crippen LogP) is 2.43. The Bertz CT molecular complexity index is 1320. The maximum atomic E-state index is 11.6. The van der Waals surface area contributed by atoms with Crippen LogP contribution in [0.2, 0.25) is 0 Å². The number of amides is 1. The fraction of sp³-hybridized carbons (Fsp3) is 0.167. The molecule has 8 heteroatoms. The normalized spacial score (nSPS) is 14.1. The number of pyridine rings is 1. The molecule has 1 fully saturated rings. The van der Waals surface area contributed by atoms with Crippen LogP contribution in [0.1, 0.15) is 21.5 Å². The van der Waals surface area contributed by atoms with Gasteiger partial charge in [0.05, 0.1) is 22.9 Å². The molecule has 1 amide bonds. The van der Waals surface area contributed by atoms with Gasteiger partial charge < -0.3 is 10.5 Å². The third-order valence-corrected chi connectivity index (χ3v) is 5.51. The highest BCUT2D eigenvalue weighted by Crippen LogP contribution is 2.24. The van der Waals surface area contributed by atoms with Crippen molar-refractivity contribution in [3.8, 4) is 23.1 Å². The molecule has 1 radical (unpaired) electrons. The van der Waals surface area contributed by atoms with Crippen LogP contribution in [0.3, 0.4) is 0 Å². The standard InChI is InChI=1S/C24H19N6O2/c25-11-16-3-7-19(8-4-16)32-20-13-29(14-20)12-17-1-5-18(6-2-17)22-10-9-21(23(26)31)24-27-15-28-30(22)24/h1-10,20H,12-14H2,(H2,26,31). The molecule has 157 valence electrons. The number of carbonyl (C=O) groups is 1. The number of benzene rings is 2. The Hall–Kier alpha value is -4.22. The molecule has 4 aromatic rings. The van der Waals surface area contributed by atoms with Crippen molar-refractivity contribution in [2.45, 2.75) is 12.6 Å². The summed E-state index contributed by atoms with van der Waals surface area (Å²) >= 11 is 0. The maximum absolute atomic E-state index is 11.6. The minimum atomic E-state index is -0.547. The number of fused-ring (bicyclic) bond motifs is 1. The smallest absolute Gasteiger partial charge is 0.252 e. The topological polar surface area (TPSA) is 110 Å². The summed E-state index contributed by atoms with van der Waals surface area (Å²) in [5.74, 6) is 0.242. The zero-order valence-electron chi connectivity index (χ0n) is 17.1. The Kier molecular flexibility index (Phi) is 5.01. The monoisotopic (exact) mass is 423 g/mol. The van der Waals surface area contributed by atoms with Gasteiger partial charge in [0.25, 0.3) is 5.91 Å². The lowest BCUT2D eigenvalue weighted by Gasteiger charge is -2.39. The summed E-state index contributed by atoms with van der Waals surface area (Å²) in [5, 5.41) is 13.0. The van der Waals surface area contributed by atoms with Crippen LogP contribution in [0, 0.1) is 17.7 Å². The summed E-state index contributed by atoms with van der Waals surface area (Å²) in [5.41, 5.74) is 9.72. The number of nitrogens with zero attached hydrogens (tertiary/aromatic N) is 5. The molecular weight excluding hydrogens is 404 g/mol. The molecule has 0 spiro atoms. The molecule has 0 bridgehead atoms. The number of nitrogens with two attached hydrogens (primary N) is 1. The van der Waals surface area contributed by atoms with Gasteiger partial charge in [0.1, 0.15) is 11.9 Å². The van der Waals surface area contributed by atoms with E-state index >= 15 is 0 Å². The molecule has 8 nitrogen and oxygen atoms in total. The van der Waals surface area contributed by atoms with Crippen LogP contribution in [-0.2, 0) is 6.54 Å². The van der Waals surface area contributed by atoms with Gasteiger partial charge in [0, 0.05) is 25.2 Å². The van der Waals surface area contributed by atoms with Gasteiger partial charge in [-0.2, -0.15) is 5.26 Å². The van der Waals surface area contributed by atoms with Gasteiger partial charge in [-0.1, -0.05) is 24.3 Å². The zero-order valence-corrected chi connectivity index (χ0v) is 17.1. The van der Waals surface area contributed by atoms with Gasteiger partial charge >= 0.3 is 0 Å². The average molecular weight is 423 g/mol. The zero-order chi connectivity index (χ0) is 22.1. The molecule has 0 atom stereocenters. The van der Waals surface area contributed by atoms with Crippen LogP contribution in [0.4, 0.5) is 0 Å². The van der Waals surface area contributed by atoms with E-state index in [4.69, 9.17) is 15.7 Å². The summed E-state index contributed by atoms with van der Waals surface area (Å²) < 4.78 is 7.53. The molecular formula is C24H19N6O2. The molecule has 1 saturated heterocycles. The quantitative estimate of drug-likeness (QED) is 0.510. The lowest BCUT2D eigenvalue weighted by Crippen LogP contribution is -2.53. The largest absolute Gasteiger partial charge is 0.488 e. The number of rotatable bonds is 6. The molecule has 0 unspecified atom stereocenters. The number of primary amides is 1. The first-order chi connectivity index (χ1) is 15.6. The van der Waals surface area contributed by atoms with Gasteiger partial charge in [-0.05, 0) is 42.0 Å². The van der Waals surface area contributed by atoms with Gasteiger partial charge in [-0.25, -0.2) is 9.50 Å². The maximum Gasteiger partial charge on any atom is 0.252 e. The summed E-state index contributed by atoms with van der Waals surface area (Å²) in [6.45, 7) is 2.54. The molecule has 0 saturated carbocycles. The number of ether oxygens (including phenoxy) is 1. The number of hydrogen-bond acceptors (Lipinski definition) is 6. The molecule has 1 aliphatic rings. The molecule has 2 aromatic heterocycles. The highest BCUT2D eigenvalue weighted by molar-refractivity contribution is 5.99. The summed E-state index contributed by atoms with van der Waals surface area (Å²) in [4.78, 5) is 18.0. The first-order valence-electron chi connectivity index (χ1n) is 10.1. The Balaban J connectivity index is 1.21. The fourth-order valence-electron chi connectivity index (χ4n) is 3.84. The summed E-state index contributed by atoms with van der Waals surface area (Å²) in [6.07, 6.45) is 2.70. The number of carbonyl (C=O) groups excluding carboxylic acids is 1. The molecule has 2 aromatic carbocycles. The highest BCUT2D eigenvalue weighted by atomic mass is 16.5. The first-order valence-corrected chi connectivity index (χ1v) is 10.1. The van der Waals surface area contributed by atoms with Crippen molar-refractivity contribution in [2.75, 3.05) is 13.1 Å². The molecule has 1 aliphatic heterocycles. The second-order valence-electron chi connectivity index (χ2n) is 7.71. The van der Waals surface area contributed by atoms with Gasteiger partial charge in [-0.15, -0.1) is 5.10 Å². The minimum absolute atomic E-state index is 0.155. The van der Waals surface area contributed by atoms with Gasteiger partial charge in [-0.3, -0.25) is 9.69 Å². The van der Waals surface area contributed by atoms with E-state index in [0.717, 1.165) is 36.6 Å². The van der Waals surface area contributed by atoms with Crippen LogP contribution < -0.4 is 10.5 Å². The van der Waals surface area contributed by atoms with Crippen molar-refractivity contribution < 1.29 is 9.53 Å². The Morgan fingerprint density at radius 1 is 1.12 bits per heavy atom. The van der Waals surface area contributed by atoms with Crippen LogP contribution in [0.5, 0.6) is 5.75 Å². The SMILES string of the molecule is N#Cc1ccc(OC2CN(Cc3ccc(-c4ccc(C(N)=O)c5n[c]nn45)cc3)C2)cc1. The molecule has 5 rings (SSSR count). The van der Waals surface area contributed by atoms with Crippen molar-refractivity contribution in [1.82, 2.24) is 19.5 Å². The van der Waals surface area contributed by atoms with E-state index in [1.807, 2.05) is 30.3 Å². The van der Waals surface area contributed by atoms with E-state index in [2.05, 4.69) is 39.5 Å². The third-order valence-electron chi connectivity index (χ3n) is 5.51. The number of hydrogen-bond donors (Lipinski definition) is 1. The van der Waals surface area contributed by atoms with E-state index in [0.29, 0.717) is 16.8 Å². The molecule has 0 aliphatic carbocycles. The lowest BCUT2D eigenvalue weighted by molar-refractivity contribution is 0.0146. The number of aromatic nitrogens is 3. The number of likely N-dealkylation sites (tertiary alicyclic amines) is 1. The summed E-state index contributed by atoms with van der Waals surface area (Å²) in [6, 6.07) is 21.0. The predicted molar refractivity (Wildman–Crippen MR) is 117 cm³/mol. The van der Waals surface area contributed by atoms with Gasteiger partial charge in [0.2, 0.25) is 6.33 Å². The molecule has 32 heavy (non-hydrogen) atoms. The second-order valence-corrected chi connectivity index (χ2v) is 7.71. The van der Waals surface area contributed by atoms with Crippen LogP contribution in [0.25, 0.3) is 16.9 Å². The van der Waals surface area contributed by atoms with Crippen molar-refractivity contribution in [3.63, 3.8) is 0 Å². The first kappa shape index (κ1) is 19.7. The Morgan fingerprint density at radius 2 is 1.88 bits per heavy atom. The van der Waals surface area contributed by atoms with E-state index in [-0.39, 0.29) is 6.10 Å². The molecule has 2 N–H and O–H groups in total. The fourth-order valence-corrected chi connectivity index (χ4v) is 3.84. The average Bonchev–Trinajstić information content (AvgIpc) is 3.28.